The largest absolute Gasteiger partial charge is 0.481 e. The molecule has 0 aromatic carbocycles. The van der Waals surface area contributed by atoms with Crippen LogP contribution in [-0.4, -0.2) is 39.6 Å². The lowest BCUT2D eigenvalue weighted by Gasteiger charge is -2.26. The van der Waals surface area contributed by atoms with Gasteiger partial charge in [-0.15, -0.1) is 0 Å². The van der Waals surface area contributed by atoms with Crippen molar-refractivity contribution in [3.63, 3.8) is 0 Å². The van der Waals surface area contributed by atoms with Gasteiger partial charge in [0.1, 0.15) is 0 Å². The third kappa shape index (κ3) is 4.52. The van der Waals surface area contributed by atoms with Crippen molar-refractivity contribution < 1.29 is 14.6 Å². The Hall–Kier alpha value is -1.01. The Kier molecular flexibility index (Phi) is 7.09. The Morgan fingerprint density at radius 3 is 2.70 bits per heavy atom. The Morgan fingerprint density at radius 1 is 1.50 bits per heavy atom. The molecule has 1 N–H and O–H groups in total. The van der Waals surface area contributed by atoms with Gasteiger partial charge < -0.3 is 14.4 Å². The molecule has 1 aromatic heterocycles. The van der Waals surface area contributed by atoms with Crippen LogP contribution in [0.3, 0.4) is 0 Å². The molecule has 1 heterocycles. The van der Waals surface area contributed by atoms with Crippen molar-refractivity contribution in [3.8, 4) is 0 Å². The maximum Gasteiger partial charge on any atom is 0.313 e. The topological polar surface area (TPSA) is 64.4 Å². The maximum atomic E-state index is 10.8. The van der Waals surface area contributed by atoms with E-state index in [9.17, 15) is 4.79 Å². The lowest BCUT2D eigenvalue weighted by molar-refractivity contribution is -0.133. The molecule has 0 saturated heterocycles. The summed E-state index contributed by atoms with van der Waals surface area (Å²) >= 11 is 1.27. The minimum absolute atomic E-state index is 0.0274. The SMILES string of the molecule is CCOCC(C(C)C)n1c(CC)cnc1SCC(=O)O. The molecule has 20 heavy (non-hydrogen) atoms. The van der Waals surface area contributed by atoms with Gasteiger partial charge in [0.25, 0.3) is 0 Å². The summed E-state index contributed by atoms with van der Waals surface area (Å²) in [5.41, 5.74) is 1.12. The number of aliphatic carboxylic acids is 1. The van der Waals surface area contributed by atoms with Crippen molar-refractivity contribution in [2.24, 2.45) is 5.92 Å². The Labute approximate surface area is 124 Å². The molecule has 1 aromatic rings. The number of aromatic nitrogens is 2. The summed E-state index contributed by atoms with van der Waals surface area (Å²) in [6, 6.07) is 0.184. The second-order valence-corrected chi connectivity index (χ2v) is 5.85. The molecule has 0 aliphatic rings. The van der Waals surface area contributed by atoms with Crippen molar-refractivity contribution >= 4 is 17.7 Å². The molecular formula is C14H24N2O3S. The molecule has 5 nitrogen and oxygen atoms in total. The van der Waals surface area contributed by atoms with Crippen molar-refractivity contribution in [1.29, 1.82) is 0 Å². The third-order valence-corrected chi connectivity index (χ3v) is 4.07. The molecule has 0 saturated carbocycles. The Bertz CT molecular complexity index is 432. The number of imidazole rings is 1. The van der Waals surface area contributed by atoms with Gasteiger partial charge in [0.15, 0.2) is 5.16 Å². The van der Waals surface area contributed by atoms with Gasteiger partial charge in [0.2, 0.25) is 0 Å². The highest BCUT2D eigenvalue weighted by Gasteiger charge is 2.22. The van der Waals surface area contributed by atoms with Crippen LogP contribution in [-0.2, 0) is 16.0 Å². The van der Waals surface area contributed by atoms with Gasteiger partial charge >= 0.3 is 5.97 Å². The summed E-state index contributed by atoms with van der Waals surface area (Å²) in [6.07, 6.45) is 2.71. The van der Waals surface area contributed by atoms with Gasteiger partial charge in [0.05, 0.1) is 18.4 Å². The first-order chi connectivity index (χ1) is 9.51. The minimum Gasteiger partial charge on any atom is -0.481 e. The van der Waals surface area contributed by atoms with Crippen LogP contribution in [0.15, 0.2) is 11.4 Å². The standard InChI is InChI=1S/C14H24N2O3S/c1-5-11-7-15-14(20-9-13(17)18)16(11)12(10(3)4)8-19-6-2/h7,10,12H,5-6,8-9H2,1-4H3,(H,17,18). The number of nitrogens with zero attached hydrogens (tertiary/aromatic N) is 2. The summed E-state index contributed by atoms with van der Waals surface area (Å²) in [5, 5.41) is 9.60. The second-order valence-electron chi connectivity index (χ2n) is 4.91. The summed E-state index contributed by atoms with van der Waals surface area (Å²) in [7, 11) is 0. The zero-order valence-corrected chi connectivity index (χ0v) is 13.4. The van der Waals surface area contributed by atoms with Gasteiger partial charge in [0, 0.05) is 18.5 Å². The first kappa shape index (κ1) is 17.0. The van der Waals surface area contributed by atoms with Gasteiger partial charge in [-0.2, -0.15) is 0 Å². The zero-order chi connectivity index (χ0) is 15.1. The number of hydrogen-bond donors (Lipinski definition) is 1. The third-order valence-electron chi connectivity index (χ3n) is 3.12. The van der Waals surface area contributed by atoms with E-state index in [0.717, 1.165) is 17.3 Å². The molecule has 0 fully saturated rings. The van der Waals surface area contributed by atoms with Crippen LogP contribution in [0.1, 0.15) is 39.4 Å². The van der Waals surface area contributed by atoms with Crippen LogP contribution >= 0.6 is 11.8 Å². The van der Waals surface area contributed by atoms with E-state index in [4.69, 9.17) is 9.84 Å². The van der Waals surface area contributed by atoms with E-state index >= 15 is 0 Å². The van der Waals surface area contributed by atoms with Crippen molar-refractivity contribution in [2.45, 2.75) is 45.3 Å². The maximum absolute atomic E-state index is 10.8. The lowest BCUT2D eigenvalue weighted by Crippen LogP contribution is -2.23. The molecule has 6 heteroatoms. The van der Waals surface area contributed by atoms with Crippen LogP contribution in [0.4, 0.5) is 0 Å². The molecule has 0 spiro atoms. The number of carbonyl (C=O) groups is 1. The van der Waals surface area contributed by atoms with Crippen LogP contribution in [0.25, 0.3) is 0 Å². The number of hydrogen-bond acceptors (Lipinski definition) is 4. The van der Waals surface area contributed by atoms with Crippen LogP contribution in [0, 0.1) is 5.92 Å². The van der Waals surface area contributed by atoms with E-state index in [0.29, 0.717) is 19.1 Å². The number of carboxylic acid groups (broad SMARTS) is 1. The fourth-order valence-electron chi connectivity index (χ4n) is 2.03. The van der Waals surface area contributed by atoms with Crippen LogP contribution in [0.2, 0.25) is 0 Å². The van der Waals surface area contributed by atoms with Crippen LogP contribution in [0.5, 0.6) is 0 Å². The number of rotatable bonds is 9. The molecular weight excluding hydrogens is 276 g/mol. The number of ether oxygens (including phenoxy) is 1. The molecule has 1 rings (SSSR count). The molecule has 0 aliphatic carbocycles. The highest BCUT2D eigenvalue weighted by molar-refractivity contribution is 7.99. The zero-order valence-electron chi connectivity index (χ0n) is 12.6. The molecule has 1 unspecified atom stereocenters. The van der Waals surface area contributed by atoms with E-state index in [-0.39, 0.29) is 11.8 Å². The summed E-state index contributed by atoms with van der Waals surface area (Å²) in [6.45, 7) is 9.65. The van der Waals surface area contributed by atoms with E-state index < -0.39 is 5.97 Å². The smallest absolute Gasteiger partial charge is 0.313 e. The predicted octanol–water partition coefficient (Wildman–Crippen LogP) is 2.86. The second kappa shape index (κ2) is 8.32. The lowest BCUT2D eigenvalue weighted by atomic mass is 10.0. The highest BCUT2D eigenvalue weighted by atomic mass is 32.2. The average Bonchev–Trinajstić information content (AvgIpc) is 2.79. The molecule has 0 radical (unpaired) electrons. The first-order valence-electron chi connectivity index (χ1n) is 6.99. The Balaban J connectivity index is 3.02. The Morgan fingerprint density at radius 2 is 2.20 bits per heavy atom. The molecule has 0 bridgehead atoms. The highest BCUT2D eigenvalue weighted by Crippen LogP contribution is 2.28. The molecule has 0 aliphatic heterocycles. The van der Waals surface area contributed by atoms with Gasteiger partial charge in [-0.05, 0) is 19.3 Å². The average molecular weight is 300 g/mol. The first-order valence-corrected chi connectivity index (χ1v) is 7.98. The van der Waals surface area contributed by atoms with Gasteiger partial charge in [-0.1, -0.05) is 32.5 Å². The number of thioether (sulfide) groups is 1. The molecule has 114 valence electrons. The fraction of sp³-hybridized carbons (Fsp3) is 0.714. The van der Waals surface area contributed by atoms with Crippen molar-refractivity contribution in [1.82, 2.24) is 9.55 Å². The normalized spacial score (nSPS) is 12.8. The quantitative estimate of drug-likeness (QED) is 0.710. The molecule has 1 atom stereocenters. The van der Waals surface area contributed by atoms with Crippen molar-refractivity contribution in [2.75, 3.05) is 19.0 Å². The predicted molar refractivity (Wildman–Crippen MR) is 80.3 cm³/mol. The van der Waals surface area contributed by atoms with Gasteiger partial charge in [-0.3, -0.25) is 4.79 Å². The monoisotopic (exact) mass is 300 g/mol. The van der Waals surface area contributed by atoms with Gasteiger partial charge in [-0.25, -0.2) is 4.98 Å². The van der Waals surface area contributed by atoms with E-state index in [1.54, 1.807) is 0 Å². The molecule has 0 amide bonds. The summed E-state index contributed by atoms with van der Waals surface area (Å²) in [5.74, 6) is -0.404. The minimum atomic E-state index is -0.825. The number of carboxylic acids is 1. The van der Waals surface area contributed by atoms with E-state index in [2.05, 4.69) is 30.3 Å². The number of aryl methyl sites for hydroxylation is 1. The summed E-state index contributed by atoms with van der Waals surface area (Å²) in [4.78, 5) is 15.1. The van der Waals surface area contributed by atoms with Crippen LogP contribution < -0.4 is 0 Å². The van der Waals surface area contributed by atoms with E-state index in [1.165, 1.54) is 11.8 Å². The van der Waals surface area contributed by atoms with Crippen molar-refractivity contribution in [3.05, 3.63) is 11.9 Å². The fourth-order valence-corrected chi connectivity index (χ4v) is 2.80. The summed E-state index contributed by atoms with van der Waals surface area (Å²) < 4.78 is 7.73. The van der Waals surface area contributed by atoms with E-state index in [1.807, 2.05) is 13.1 Å².